The van der Waals surface area contributed by atoms with Crippen LogP contribution < -0.4 is 20.4 Å². The highest BCUT2D eigenvalue weighted by molar-refractivity contribution is 6.09. The second-order valence-corrected chi connectivity index (χ2v) is 21.7. The first kappa shape index (κ1) is 60.3. The van der Waals surface area contributed by atoms with Crippen LogP contribution in [0.5, 0.6) is 0 Å². The molecule has 0 saturated carbocycles. The van der Waals surface area contributed by atoms with E-state index in [1.807, 2.05) is 36.0 Å². The van der Waals surface area contributed by atoms with Gasteiger partial charge in [0.1, 0.15) is 13.1 Å². The molecule has 0 aliphatic carbocycles. The minimum absolute atomic E-state index is 0.0167. The fourth-order valence-corrected chi connectivity index (χ4v) is 10.4. The van der Waals surface area contributed by atoms with Crippen molar-refractivity contribution in [2.45, 2.75) is 24.4 Å². The molecule has 0 saturated heterocycles. The van der Waals surface area contributed by atoms with Gasteiger partial charge in [0, 0.05) is 26.2 Å². The van der Waals surface area contributed by atoms with Gasteiger partial charge in [-0.15, -0.1) is 0 Å². The second kappa shape index (κ2) is 24.4. The van der Waals surface area contributed by atoms with E-state index in [0.717, 1.165) is 56.0 Å². The first-order valence-electron chi connectivity index (χ1n) is 26.5. The summed E-state index contributed by atoms with van der Waals surface area (Å²) in [6, 6.07) is 20.4. The lowest BCUT2D eigenvalue weighted by Gasteiger charge is -2.41. The Hall–Kier alpha value is -8.78. The lowest BCUT2D eigenvalue weighted by Crippen LogP contribution is -2.55. The lowest BCUT2D eigenvalue weighted by atomic mass is 9.92. The molecule has 19 nitrogen and oxygen atoms in total. The summed E-state index contributed by atoms with van der Waals surface area (Å²) < 4.78 is 84.9. The third-order valence-corrected chi connectivity index (χ3v) is 14.8. The molecule has 2 N–H and O–H groups in total. The van der Waals surface area contributed by atoms with Crippen LogP contribution in [0.2, 0.25) is 0 Å². The SMILES string of the molecule is CN(C)CCN1CC2=C(C1=O)[C@@H](c1ccc(C#N)cc1)N(CC(=O)NCC[N+](C)(C)CCNC(=O)CN1C(=O)N(c3cccc(C(F)(F)F)c3)C3=C(C(=O)N(CCN(C)C)C3)[C@H]1c1ccc(C#N)cc1)C(=O)N2c1cccc(C(F)(F)F)c1. The molecule has 4 aromatic carbocycles. The average molecular weight is 1150 g/mol. The van der Waals surface area contributed by atoms with Crippen molar-refractivity contribution in [1.82, 2.24) is 40.0 Å². The number of anilines is 2. The van der Waals surface area contributed by atoms with Crippen molar-refractivity contribution in [3.05, 3.63) is 153 Å². The van der Waals surface area contributed by atoms with Gasteiger partial charge in [-0.3, -0.25) is 29.0 Å². The fourth-order valence-electron chi connectivity index (χ4n) is 10.4. The molecule has 4 aromatic rings. The number of halogens is 6. The monoisotopic (exact) mass is 1150 g/mol. The third kappa shape index (κ3) is 13.3. The molecule has 0 aromatic heterocycles. The number of urea groups is 2. The van der Waals surface area contributed by atoms with Gasteiger partial charge in [-0.05, 0) is 100.0 Å². The number of hydrogen-bond donors (Lipinski definition) is 2. The molecule has 83 heavy (non-hydrogen) atoms. The van der Waals surface area contributed by atoms with Crippen LogP contribution >= 0.6 is 0 Å². The number of nitriles is 2. The first-order chi connectivity index (χ1) is 39.2. The zero-order valence-corrected chi connectivity index (χ0v) is 46.5. The predicted octanol–water partition coefficient (Wildman–Crippen LogP) is 5.76. The minimum Gasteiger partial charge on any atom is -0.349 e. The van der Waals surface area contributed by atoms with E-state index in [2.05, 4.69) is 10.6 Å². The standard InChI is InChI=1S/C58H61F6N13O6/c1-69(2)23-25-71-33-45-49(53(71)80)51(39-17-13-37(31-65)14-18-39)73(55(82)75(45)43-11-7-9-41(29-43)57(59,60)61)35-47(78)67-21-27-77(5,6)28-22-68-48(79)36-74-52(40-19-15-38(32-66)16-20-40)50-46(34-72(54(50)81)26-24-70(3)4)76(56(74)83)44-12-8-10-42(30-44)58(62,63)64/h7-20,29-30,51-52H,21-28,33-36H2,1-6H3,(H-,67,68,78,79)/p+1/t51-,52-/m1/s1. The van der Waals surface area contributed by atoms with E-state index in [1.54, 1.807) is 52.5 Å². The Bertz CT molecular complexity index is 3110. The van der Waals surface area contributed by atoms with Crippen molar-refractivity contribution in [1.29, 1.82) is 10.5 Å². The van der Waals surface area contributed by atoms with Crippen molar-refractivity contribution >= 4 is 47.1 Å². The largest absolute Gasteiger partial charge is 0.416 e. The molecule has 25 heteroatoms. The maximum atomic E-state index is 14.9. The van der Waals surface area contributed by atoms with E-state index in [4.69, 9.17) is 0 Å². The topological polar surface area (TPSA) is 200 Å². The zero-order chi connectivity index (χ0) is 60.3. The summed E-state index contributed by atoms with van der Waals surface area (Å²) in [6.45, 7) is 0.285. The quantitative estimate of drug-likeness (QED) is 0.0811. The summed E-state index contributed by atoms with van der Waals surface area (Å²) in [4.78, 5) is 97.9. The normalized spacial score (nSPS) is 17.7. The number of nitrogens with one attached hydrogen (secondary N) is 2. The molecule has 4 aliphatic rings. The van der Waals surface area contributed by atoms with Gasteiger partial charge in [0.05, 0.1) is 134 Å². The number of hydrogen-bond acceptors (Lipinski definition) is 10. The molecular formula is C58H62F6N13O6+. The number of benzene rings is 4. The van der Waals surface area contributed by atoms with Crippen LogP contribution in [0.3, 0.4) is 0 Å². The van der Waals surface area contributed by atoms with Gasteiger partial charge in [0.2, 0.25) is 11.8 Å². The summed E-state index contributed by atoms with van der Waals surface area (Å²) in [5.74, 6) is -2.31. The molecule has 4 heterocycles. The Labute approximate surface area is 476 Å². The van der Waals surface area contributed by atoms with Gasteiger partial charge in [-0.1, -0.05) is 36.4 Å². The van der Waals surface area contributed by atoms with Crippen LogP contribution in [-0.2, 0) is 31.5 Å². The number of rotatable bonds is 20. The first-order valence-corrected chi connectivity index (χ1v) is 26.5. The van der Waals surface area contributed by atoms with Crippen LogP contribution in [0.4, 0.5) is 47.3 Å². The number of carbonyl (C=O) groups is 6. The summed E-state index contributed by atoms with van der Waals surface area (Å²) in [5, 5.41) is 24.8. The van der Waals surface area contributed by atoms with Crippen LogP contribution in [0.25, 0.3) is 0 Å². The molecule has 0 fully saturated rings. The van der Waals surface area contributed by atoms with E-state index in [-0.39, 0.29) is 102 Å². The van der Waals surface area contributed by atoms with E-state index >= 15 is 0 Å². The Kier molecular flexibility index (Phi) is 17.7. The number of quaternary nitrogens is 1. The van der Waals surface area contributed by atoms with Gasteiger partial charge >= 0.3 is 24.4 Å². The number of carbonyl (C=O) groups excluding carboxylic acids is 6. The molecule has 0 bridgehead atoms. The maximum absolute atomic E-state index is 14.9. The minimum atomic E-state index is -4.78. The number of amides is 8. The molecule has 0 radical (unpaired) electrons. The number of likely N-dealkylation sites (N-methyl/N-ethyl adjacent to an activating group) is 3. The molecule has 0 spiro atoms. The molecule has 2 atom stereocenters. The van der Waals surface area contributed by atoms with E-state index in [1.165, 1.54) is 46.2 Å². The van der Waals surface area contributed by atoms with Crippen molar-refractivity contribution < 1.29 is 59.6 Å². The van der Waals surface area contributed by atoms with Gasteiger partial charge in [-0.25, -0.2) is 9.59 Å². The van der Waals surface area contributed by atoms with Gasteiger partial charge in [0.15, 0.2) is 0 Å². The molecular weight excluding hydrogens is 1090 g/mol. The number of nitrogens with zero attached hydrogens (tertiary/aromatic N) is 11. The van der Waals surface area contributed by atoms with E-state index < -0.39 is 84.3 Å². The molecule has 0 unspecified atom stereocenters. The van der Waals surface area contributed by atoms with Crippen LogP contribution in [0.1, 0.15) is 45.5 Å². The fraction of sp³-hybridized carbons (Fsp3) is 0.379. The maximum Gasteiger partial charge on any atom is 0.416 e. The van der Waals surface area contributed by atoms with Crippen molar-refractivity contribution in [3.8, 4) is 12.1 Å². The highest BCUT2D eigenvalue weighted by Crippen LogP contribution is 2.46. The lowest BCUT2D eigenvalue weighted by molar-refractivity contribution is -0.887. The van der Waals surface area contributed by atoms with E-state index in [9.17, 15) is 65.6 Å². The van der Waals surface area contributed by atoms with Gasteiger partial charge in [0.25, 0.3) is 11.8 Å². The number of alkyl halides is 6. The Balaban J connectivity index is 0.986. The molecule has 4 aliphatic heterocycles. The Morgan fingerprint density at radius 3 is 1.28 bits per heavy atom. The van der Waals surface area contributed by atoms with E-state index in [0.29, 0.717) is 24.2 Å². The van der Waals surface area contributed by atoms with Crippen LogP contribution in [-0.4, -0.2) is 190 Å². The van der Waals surface area contributed by atoms with Gasteiger partial charge < -0.3 is 44.5 Å². The summed E-state index contributed by atoms with van der Waals surface area (Å²) >= 11 is 0. The summed E-state index contributed by atoms with van der Waals surface area (Å²) in [7, 11) is 10.9. The molecule has 8 amide bonds. The van der Waals surface area contributed by atoms with Crippen molar-refractivity contribution in [2.75, 3.05) is 131 Å². The smallest absolute Gasteiger partial charge is 0.349 e. The highest BCUT2D eigenvalue weighted by atomic mass is 19.4. The summed E-state index contributed by atoms with van der Waals surface area (Å²) in [5.41, 5.74) is -0.630. The average Bonchev–Trinajstić information content (AvgIpc) is 2.00. The highest BCUT2D eigenvalue weighted by Gasteiger charge is 2.51. The van der Waals surface area contributed by atoms with Crippen LogP contribution in [0.15, 0.2) is 120 Å². The Morgan fingerprint density at radius 2 is 0.952 bits per heavy atom. The van der Waals surface area contributed by atoms with Gasteiger partial charge in [-0.2, -0.15) is 36.9 Å². The third-order valence-electron chi connectivity index (χ3n) is 14.8. The zero-order valence-electron chi connectivity index (χ0n) is 46.5. The summed E-state index contributed by atoms with van der Waals surface area (Å²) in [6.07, 6.45) is -9.55. The molecule has 436 valence electrons. The Morgan fingerprint density at radius 1 is 0.590 bits per heavy atom. The predicted molar refractivity (Wildman–Crippen MR) is 292 cm³/mol. The van der Waals surface area contributed by atoms with Crippen molar-refractivity contribution in [2.24, 2.45) is 0 Å². The second-order valence-electron chi connectivity index (χ2n) is 21.7. The van der Waals surface area contributed by atoms with Crippen molar-refractivity contribution in [3.63, 3.8) is 0 Å². The molecule has 8 rings (SSSR count). The van der Waals surface area contributed by atoms with Crippen LogP contribution in [0, 0.1) is 22.7 Å².